The molecule has 3 aromatic heterocycles. The summed E-state index contributed by atoms with van der Waals surface area (Å²) in [5.41, 5.74) is 5.39. The van der Waals surface area contributed by atoms with Crippen molar-refractivity contribution in [2.75, 3.05) is 19.7 Å². The number of aryl methyl sites for hydroxylation is 1. The summed E-state index contributed by atoms with van der Waals surface area (Å²) in [5, 5.41) is 13.0. The average Bonchev–Trinajstić information content (AvgIpc) is 3.34. The molecule has 0 N–H and O–H groups in total. The van der Waals surface area contributed by atoms with Crippen LogP contribution in [-0.2, 0) is 18.3 Å². The van der Waals surface area contributed by atoms with Crippen LogP contribution in [0.5, 0.6) is 0 Å². The van der Waals surface area contributed by atoms with Crippen molar-refractivity contribution >= 4 is 5.52 Å². The Labute approximate surface area is 163 Å². The van der Waals surface area contributed by atoms with Crippen LogP contribution in [0.1, 0.15) is 17.4 Å². The second-order valence-corrected chi connectivity index (χ2v) is 7.21. The Morgan fingerprint density at radius 3 is 2.79 bits per heavy atom. The fraction of sp³-hybridized carbons (Fsp3) is 0.286. The van der Waals surface area contributed by atoms with Gasteiger partial charge in [0.15, 0.2) is 0 Å². The molecule has 0 amide bonds. The summed E-state index contributed by atoms with van der Waals surface area (Å²) in [5.74, 6) is 0. The minimum atomic E-state index is -0.0782. The first kappa shape index (κ1) is 17.1. The van der Waals surface area contributed by atoms with Gasteiger partial charge in [-0.25, -0.2) is 4.52 Å². The quantitative estimate of drug-likeness (QED) is 0.550. The molecule has 1 aliphatic heterocycles. The molecule has 0 saturated carbocycles. The number of pyridine rings is 1. The molecule has 28 heavy (non-hydrogen) atoms. The molecule has 1 aliphatic rings. The summed E-state index contributed by atoms with van der Waals surface area (Å²) in [6.07, 6.45) is 5.93. The van der Waals surface area contributed by atoms with Gasteiger partial charge in [-0.15, -0.1) is 5.10 Å². The minimum absolute atomic E-state index is 0.0782. The first-order chi connectivity index (χ1) is 13.8. The zero-order valence-electron chi connectivity index (χ0n) is 15.8. The van der Waals surface area contributed by atoms with Gasteiger partial charge in [0.25, 0.3) is 0 Å². The standard InChI is InChI=1S/C21H22N6O/c1-25-12-16(11-22-25)13-26-9-10-28-20(15-26)21-19-8-7-18(14-27(19)24-23-21)17-5-3-2-4-6-17/h2-8,11-12,14,20H,9-10,13,15H2,1H3/t20-/m1/s1. The Morgan fingerprint density at radius 2 is 1.96 bits per heavy atom. The van der Waals surface area contributed by atoms with E-state index in [0.29, 0.717) is 6.61 Å². The van der Waals surface area contributed by atoms with Crippen molar-refractivity contribution in [3.63, 3.8) is 0 Å². The van der Waals surface area contributed by atoms with Gasteiger partial charge in [0.05, 0.1) is 18.3 Å². The molecule has 1 aromatic carbocycles. The Hall–Kier alpha value is -3.03. The second kappa shape index (κ2) is 7.18. The molecule has 0 spiro atoms. The molecule has 0 radical (unpaired) electrons. The molecule has 4 aromatic rings. The number of ether oxygens (including phenoxy) is 1. The lowest BCUT2D eigenvalue weighted by molar-refractivity contribution is -0.0343. The lowest BCUT2D eigenvalue weighted by atomic mass is 10.1. The molecule has 4 heterocycles. The van der Waals surface area contributed by atoms with E-state index in [0.717, 1.165) is 42.0 Å². The van der Waals surface area contributed by atoms with Crippen molar-refractivity contribution in [2.45, 2.75) is 12.6 Å². The van der Waals surface area contributed by atoms with Gasteiger partial charge in [-0.1, -0.05) is 41.6 Å². The molecule has 1 fully saturated rings. The van der Waals surface area contributed by atoms with Crippen LogP contribution in [0.4, 0.5) is 0 Å². The maximum atomic E-state index is 6.04. The monoisotopic (exact) mass is 374 g/mol. The normalized spacial score (nSPS) is 18.0. The number of aromatic nitrogens is 5. The highest BCUT2D eigenvalue weighted by molar-refractivity contribution is 5.66. The molecule has 1 atom stereocenters. The molecular weight excluding hydrogens is 352 g/mol. The number of hydrogen-bond acceptors (Lipinski definition) is 5. The van der Waals surface area contributed by atoms with Gasteiger partial charge in [0, 0.05) is 50.2 Å². The predicted molar refractivity (Wildman–Crippen MR) is 106 cm³/mol. The zero-order chi connectivity index (χ0) is 18.9. The van der Waals surface area contributed by atoms with Crippen molar-refractivity contribution in [1.82, 2.24) is 29.5 Å². The lowest BCUT2D eigenvalue weighted by Crippen LogP contribution is -2.38. The number of rotatable bonds is 4. The molecule has 7 nitrogen and oxygen atoms in total. The van der Waals surface area contributed by atoms with E-state index in [2.05, 4.69) is 50.8 Å². The van der Waals surface area contributed by atoms with E-state index >= 15 is 0 Å². The fourth-order valence-electron chi connectivity index (χ4n) is 3.77. The zero-order valence-corrected chi connectivity index (χ0v) is 15.8. The van der Waals surface area contributed by atoms with Gasteiger partial charge in [-0.2, -0.15) is 5.10 Å². The van der Waals surface area contributed by atoms with Crippen LogP contribution in [0.2, 0.25) is 0 Å². The van der Waals surface area contributed by atoms with Gasteiger partial charge in [-0.05, 0) is 11.6 Å². The topological polar surface area (TPSA) is 60.5 Å². The molecule has 0 bridgehead atoms. The van der Waals surface area contributed by atoms with E-state index in [1.54, 1.807) is 0 Å². The number of benzene rings is 1. The third-order valence-corrected chi connectivity index (χ3v) is 5.17. The van der Waals surface area contributed by atoms with E-state index in [1.165, 1.54) is 5.56 Å². The van der Waals surface area contributed by atoms with Crippen LogP contribution in [-0.4, -0.2) is 49.2 Å². The summed E-state index contributed by atoms with van der Waals surface area (Å²) in [4.78, 5) is 2.38. The third kappa shape index (κ3) is 3.30. The van der Waals surface area contributed by atoms with E-state index in [1.807, 2.05) is 46.8 Å². The molecule has 5 rings (SSSR count). The molecule has 1 saturated heterocycles. The average molecular weight is 374 g/mol. The SMILES string of the molecule is Cn1cc(CN2CCO[C@@H](c3nnn4cc(-c5ccccc5)ccc34)C2)cn1. The lowest BCUT2D eigenvalue weighted by Gasteiger charge is -2.31. The number of nitrogens with zero attached hydrogens (tertiary/aromatic N) is 6. The molecule has 0 aliphatic carbocycles. The number of hydrogen-bond donors (Lipinski definition) is 0. The van der Waals surface area contributed by atoms with E-state index in [4.69, 9.17) is 4.74 Å². The molecule has 142 valence electrons. The van der Waals surface area contributed by atoms with Gasteiger partial charge in [0.1, 0.15) is 11.8 Å². The summed E-state index contributed by atoms with van der Waals surface area (Å²) in [7, 11) is 1.94. The van der Waals surface area contributed by atoms with Crippen LogP contribution < -0.4 is 0 Å². The van der Waals surface area contributed by atoms with Gasteiger partial charge in [-0.3, -0.25) is 9.58 Å². The van der Waals surface area contributed by atoms with E-state index in [-0.39, 0.29) is 6.10 Å². The van der Waals surface area contributed by atoms with Crippen LogP contribution in [0.15, 0.2) is 61.1 Å². The summed E-state index contributed by atoms with van der Waals surface area (Å²) < 4.78 is 9.73. The second-order valence-electron chi connectivity index (χ2n) is 7.21. The first-order valence-corrected chi connectivity index (χ1v) is 9.48. The molecule has 0 unspecified atom stereocenters. The summed E-state index contributed by atoms with van der Waals surface area (Å²) >= 11 is 0. The van der Waals surface area contributed by atoms with Crippen LogP contribution in [0, 0.1) is 0 Å². The molecule has 7 heteroatoms. The third-order valence-electron chi connectivity index (χ3n) is 5.17. The highest BCUT2D eigenvalue weighted by Gasteiger charge is 2.26. The van der Waals surface area contributed by atoms with Crippen molar-refractivity contribution in [3.05, 3.63) is 72.3 Å². The maximum Gasteiger partial charge on any atom is 0.121 e. The van der Waals surface area contributed by atoms with Crippen molar-refractivity contribution < 1.29 is 4.74 Å². The van der Waals surface area contributed by atoms with E-state index in [9.17, 15) is 0 Å². The van der Waals surface area contributed by atoms with Crippen molar-refractivity contribution in [2.24, 2.45) is 7.05 Å². The minimum Gasteiger partial charge on any atom is -0.369 e. The van der Waals surface area contributed by atoms with Crippen molar-refractivity contribution in [1.29, 1.82) is 0 Å². The molecular formula is C21H22N6O. The number of fused-ring (bicyclic) bond motifs is 1. The highest BCUT2D eigenvalue weighted by atomic mass is 16.5. The first-order valence-electron chi connectivity index (χ1n) is 9.48. The fourth-order valence-corrected chi connectivity index (χ4v) is 3.77. The van der Waals surface area contributed by atoms with Crippen LogP contribution in [0.3, 0.4) is 0 Å². The van der Waals surface area contributed by atoms with Crippen LogP contribution in [0.25, 0.3) is 16.6 Å². The van der Waals surface area contributed by atoms with E-state index < -0.39 is 0 Å². The smallest absolute Gasteiger partial charge is 0.121 e. The Bertz CT molecular complexity index is 1090. The highest BCUT2D eigenvalue weighted by Crippen LogP contribution is 2.27. The van der Waals surface area contributed by atoms with Crippen molar-refractivity contribution in [3.8, 4) is 11.1 Å². The Balaban J connectivity index is 1.38. The van der Waals surface area contributed by atoms with Gasteiger partial charge < -0.3 is 4.74 Å². The largest absolute Gasteiger partial charge is 0.369 e. The number of morpholine rings is 1. The summed E-state index contributed by atoms with van der Waals surface area (Å²) in [6.45, 7) is 3.25. The Kier molecular flexibility index (Phi) is 4.38. The summed E-state index contributed by atoms with van der Waals surface area (Å²) in [6, 6.07) is 14.5. The van der Waals surface area contributed by atoms with Gasteiger partial charge in [0.2, 0.25) is 0 Å². The maximum absolute atomic E-state index is 6.04. The van der Waals surface area contributed by atoms with Crippen LogP contribution >= 0.6 is 0 Å². The predicted octanol–water partition coefficient (Wildman–Crippen LogP) is 2.70. The Morgan fingerprint density at radius 1 is 1.07 bits per heavy atom. The van der Waals surface area contributed by atoms with Gasteiger partial charge >= 0.3 is 0 Å².